The maximum absolute atomic E-state index is 12.3. The van der Waals surface area contributed by atoms with Crippen molar-refractivity contribution in [3.63, 3.8) is 0 Å². The number of aryl methyl sites for hydroxylation is 2. The van der Waals surface area contributed by atoms with E-state index in [2.05, 4.69) is 17.3 Å². The van der Waals surface area contributed by atoms with E-state index in [9.17, 15) is 13.2 Å². The van der Waals surface area contributed by atoms with Crippen LogP contribution in [-0.2, 0) is 16.4 Å². The summed E-state index contributed by atoms with van der Waals surface area (Å²) < 4.78 is 24.5. The van der Waals surface area contributed by atoms with Crippen molar-refractivity contribution < 1.29 is 13.2 Å². The van der Waals surface area contributed by atoms with E-state index in [1.807, 2.05) is 0 Å². The first kappa shape index (κ1) is 17.3. The molecule has 8 heteroatoms. The van der Waals surface area contributed by atoms with Gasteiger partial charge in [-0.2, -0.15) is 5.10 Å². The molecule has 22 heavy (non-hydrogen) atoms. The minimum Gasteiger partial charge on any atom is -0.352 e. The fourth-order valence-electron chi connectivity index (χ4n) is 2.63. The Balaban J connectivity index is 1.99. The molecule has 1 unspecified atom stereocenters. The smallest absolute Gasteiger partial charge is 0.256 e. The Morgan fingerprint density at radius 2 is 2.23 bits per heavy atom. The van der Waals surface area contributed by atoms with Gasteiger partial charge in [-0.25, -0.2) is 8.42 Å². The number of nitrogens with zero attached hydrogens (tertiary/aromatic N) is 2. The van der Waals surface area contributed by atoms with E-state index in [0.717, 1.165) is 12.8 Å². The summed E-state index contributed by atoms with van der Waals surface area (Å²) >= 11 is 6.24. The van der Waals surface area contributed by atoms with Gasteiger partial charge in [0, 0.05) is 13.1 Å². The molecule has 1 N–H and O–H groups in total. The standard InChI is InChI=1S/C14H22ClN3O3S/c1-3-4-6-18-13(15)12(10(2)17-18)14(19)16-8-11-5-7-22(20,21)9-11/h11H,3-9H2,1-2H3,(H,16,19). The monoisotopic (exact) mass is 347 g/mol. The summed E-state index contributed by atoms with van der Waals surface area (Å²) in [7, 11) is -2.92. The molecular formula is C14H22ClN3O3S. The zero-order valence-electron chi connectivity index (χ0n) is 12.9. The van der Waals surface area contributed by atoms with Crippen molar-refractivity contribution in [1.82, 2.24) is 15.1 Å². The Kier molecular flexibility index (Phi) is 5.50. The molecule has 0 bridgehead atoms. The molecule has 0 spiro atoms. The molecule has 1 fully saturated rings. The number of carbonyl (C=O) groups is 1. The third kappa shape index (κ3) is 4.01. The molecule has 124 valence electrons. The SMILES string of the molecule is CCCCn1nc(C)c(C(=O)NCC2CCS(=O)(=O)C2)c1Cl. The van der Waals surface area contributed by atoms with Gasteiger partial charge in [0.2, 0.25) is 0 Å². The Hall–Kier alpha value is -1.08. The number of rotatable bonds is 6. The number of carbonyl (C=O) groups excluding carboxylic acids is 1. The van der Waals surface area contributed by atoms with Gasteiger partial charge < -0.3 is 5.32 Å². The molecule has 2 heterocycles. The van der Waals surface area contributed by atoms with Crippen LogP contribution in [0.4, 0.5) is 0 Å². The summed E-state index contributed by atoms with van der Waals surface area (Å²) in [4.78, 5) is 12.3. The van der Waals surface area contributed by atoms with Crippen LogP contribution in [0.3, 0.4) is 0 Å². The predicted molar refractivity (Wildman–Crippen MR) is 86.0 cm³/mol. The summed E-state index contributed by atoms with van der Waals surface area (Å²) in [6, 6.07) is 0. The fraction of sp³-hybridized carbons (Fsp3) is 0.714. The van der Waals surface area contributed by atoms with Crippen molar-refractivity contribution in [3.05, 3.63) is 16.4 Å². The first-order chi connectivity index (χ1) is 10.3. The number of hydrogen-bond acceptors (Lipinski definition) is 4. The predicted octanol–water partition coefficient (Wildman–Crippen LogP) is 1.81. The van der Waals surface area contributed by atoms with Gasteiger partial charge in [0.15, 0.2) is 9.84 Å². The molecule has 1 aliphatic rings. The van der Waals surface area contributed by atoms with Gasteiger partial charge in [0.1, 0.15) is 5.15 Å². The van der Waals surface area contributed by atoms with Crippen LogP contribution in [0.1, 0.15) is 42.2 Å². The molecule has 0 saturated carbocycles. The van der Waals surface area contributed by atoms with Gasteiger partial charge in [-0.15, -0.1) is 0 Å². The van der Waals surface area contributed by atoms with Gasteiger partial charge in [-0.3, -0.25) is 9.48 Å². The van der Waals surface area contributed by atoms with E-state index < -0.39 is 9.84 Å². The van der Waals surface area contributed by atoms with Crippen LogP contribution in [0.2, 0.25) is 5.15 Å². The maximum Gasteiger partial charge on any atom is 0.256 e. The van der Waals surface area contributed by atoms with Crippen molar-refractivity contribution in [2.24, 2.45) is 5.92 Å². The van der Waals surface area contributed by atoms with Gasteiger partial charge in [0.25, 0.3) is 5.91 Å². The molecule has 1 amide bonds. The first-order valence-electron chi connectivity index (χ1n) is 7.55. The van der Waals surface area contributed by atoms with E-state index in [1.165, 1.54) is 0 Å². The second-order valence-electron chi connectivity index (χ2n) is 5.81. The first-order valence-corrected chi connectivity index (χ1v) is 9.75. The third-order valence-electron chi connectivity index (χ3n) is 3.89. The van der Waals surface area contributed by atoms with Crippen LogP contribution in [0.25, 0.3) is 0 Å². The van der Waals surface area contributed by atoms with Crippen molar-refractivity contribution >= 4 is 27.3 Å². The number of halogens is 1. The molecule has 0 radical (unpaired) electrons. The van der Waals surface area contributed by atoms with Crippen LogP contribution in [-0.4, -0.2) is 42.2 Å². The molecule has 1 aliphatic heterocycles. The van der Waals surface area contributed by atoms with E-state index in [1.54, 1.807) is 11.6 Å². The van der Waals surface area contributed by atoms with E-state index in [0.29, 0.717) is 35.9 Å². The average molecular weight is 348 g/mol. The lowest BCUT2D eigenvalue weighted by atomic mass is 10.1. The summed E-state index contributed by atoms with van der Waals surface area (Å²) in [6.07, 6.45) is 2.57. The van der Waals surface area contributed by atoms with Crippen molar-refractivity contribution in [2.75, 3.05) is 18.1 Å². The van der Waals surface area contributed by atoms with Crippen LogP contribution >= 0.6 is 11.6 Å². The highest BCUT2D eigenvalue weighted by molar-refractivity contribution is 7.91. The third-order valence-corrected chi connectivity index (χ3v) is 6.12. The van der Waals surface area contributed by atoms with Crippen LogP contribution < -0.4 is 5.32 Å². The van der Waals surface area contributed by atoms with Crippen molar-refractivity contribution in [1.29, 1.82) is 0 Å². The van der Waals surface area contributed by atoms with Crippen LogP contribution in [0.5, 0.6) is 0 Å². The number of hydrogen-bond donors (Lipinski definition) is 1. The lowest BCUT2D eigenvalue weighted by Gasteiger charge is -2.09. The minimum atomic E-state index is -2.92. The summed E-state index contributed by atoms with van der Waals surface area (Å²) in [5.74, 6) is 0.0654. The second-order valence-corrected chi connectivity index (χ2v) is 8.39. The lowest BCUT2D eigenvalue weighted by Crippen LogP contribution is -2.30. The largest absolute Gasteiger partial charge is 0.352 e. The van der Waals surface area contributed by atoms with Crippen molar-refractivity contribution in [2.45, 2.75) is 39.7 Å². The summed E-state index contributed by atoms with van der Waals surface area (Å²) in [6.45, 7) is 4.87. The van der Waals surface area contributed by atoms with E-state index in [4.69, 9.17) is 11.6 Å². The minimum absolute atomic E-state index is 0.0110. The molecule has 0 aromatic carbocycles. The highest BCUT2D eigenvalue weighted by atomic mass is 35.5. The number of aromatic nitrogens is 2. The maximum atomic E-state index is 12.3. The molecule has 1 aromatic rings. The Labute approximate surface area is 136 Å². The highest BCUT2D eigenvalue weighted by Gasteiger charge is 2.28. The van der Waals surface area contributed by atoms with E-state index >= 15 is 0 Å². The normalized spacial score (nSPS) is 20.2. The van der Waals surface area contributed by atoms with Crippen LogP contribution in [0.15, 0.2) is 0 Å². The molecule has 1 aromatic heterocycles. The van der Waals surface area contributed by atoms with E-state index in [-0.39, 0.29) is 23.3 Å². The molecule has 2 rings (SSSR count). The molecule has 1 atom stereocenters. The molecule has 0 aliphatic carbocycles. The van der Waals surface area contributed by atoms with Gasteiger partial charge in [0.05, 0.1) is 22.8 Å². The van der Waals surface area contributed by atoms with Gasteiger partial charge in [-0.1, -0.05) is 24.9 Å². The summed E-state index contributed by atoms with van der Waals surface area (Å²) in [5.41, 5.74) is 0.983. The molecule has 6 nitrogen and oxygen atoms in total. The molecular weight excluding hydrogens is 326 g/mol. The number of sulfone groups is 1. The Morgan fingerprint density at radius 3 is 2.82 bits per heavy atom. The fourth-order valence-corrected chi connectivity index (χ4v) is 4.83. The molecule has 1 saturated heterocycles. The quantitative estimate of drug-likeness (QED) is 0.850. The number of nitrogens with one attached hydrogen (secondary N) is 1. The average Bonchev–Trinajstić information content (AvgIpc) is 2.93. The second kappa shape index (κ2) is 7.00. The topological polar surface area (TPSA) is 81.1 Å². The van der Waals surface area contributed by atoms with Crippen LogP contribution in [0, 0.1) is 12.8 Å². The van der Waals surface area contributed by atoms with Crippen molar-refractivity contribution in [3.8, 4) is 0 Å². The zero-order chi connectivity index (χ0) is 16.3. The lowest BCUT2D eigenvalue weighted by molar-refractivity contribution is 0.0948. The summed E-state index contributed by atoms with van der Waals surface area (Å²) in [5, 5.41) is 7.44. The van der Waals surface area contributed by atoms with Gasteiger partial charge in [-0.05, 0) is 25.7 Å². The Bertz CT molecular complexity index is 655. The highest BCUT2D eigenvalue weighted by Crippen LogP contribution is 2.21. The van der Waals surface area contributed by atoms with Gasteiger partial charge >= 0.3 is 0 Å². The Morgan fingerprint density at radius 1 is 1.50 bits per heavy atom. The number of unbranched alkanes of at least 4 members (excludes halogenated alkanes) is 1. The number of amides is 1. The zero-order valence-corrected chi connectivity index (χ0v) is 14.5.